The number of hydrogen-bond donors (Lipinski definition) is 3. The topological polar surface area (TPSA) is 117 Å². The van der Waals surface area contributed by atoms with Gasteiger partial charge >= 0.3 is 0 Å². The molecule has 2 heterocycles. The first kappa shape index (κ1) is 23.4. The quantitative estimate of drug-likeness (QED) is 0.468. The zero-order chi connectivity index (χ0) is 23.6. The number of H-pyrrole nitrogens is 1. The van der Waals surface area contributed by atoms with E-state index in [1.807, 2.05) is 0 Å². The lowest BCUT2D eigenvalue weighted by molar-refractivity contribution is 0.0949. The molecule has 2 aromatic carbocycles. The second-order valence-corrected chi connectivity index (χ2v) is 9.83. The number of fused-ring (bicyclic) bond motifs is 1. The maximum absolute atomic E-state index is 14.3. The van der Waals surface area contributed by atoms with Crippen molar-refractivity contribution in [1.29, 1.82) is 0 Å². The van der Waals surface area contributed by atoms with E-state index in [0.29, 0.717) is 11.6 Å². The molecule has 1 unspecified atom stereocenters. The molecule has 3 aromatic rings. The number of benzene rings is 2. The van der Waals surface area contributed by atoms with Crippen molar-refractivity contribution in [2.75, 3.05) is 13.2 Å². The lowest BCUT2D eigenvalue weighted by Gasteiger charge is -2.13. The smallest absolute Gasteiger partial charge is 0.257 e. The van der Waals surface area contributed by atoms with Crippen LogP contribution in [0.4, 0.5) is 4.39 Å². The average molecular weight is 494 g/mol. The Morgan fingerprint density at radius 3 is 2.70 bits per heavy atom. The van der Waals surface area contributed by atoms with Crippen molar-refractivity contribution >= 4 is 38.4 Å². The van der Waals surface area contributed by atoms with E-state index in [0.717, 1.165) is 36.7 Å². The molecule has 8 nitrogen and oxygen atoms in total. The van der Waals surface area contributed by atoms with Crippen LogP contribution in [-0.4, -0.2) is 38.6 Å². The van der Waals surface area contributed by atoms with E-state index in [1.165, 1.54) is 0 Å². The fourth-order valence-corrected chi connectivity index (χ4v) is 5.00. The Morgan fingerprint density at radius 1 is 1.24 bits per heavy atom. The van der Waals surface area contributed by atoms with Crippen molar-refractivity contribution < 1.29 is 22.3 Å². The minimum absolute atomic E-state index is 0.0375. The molecule has 1 fully saturated rings. The average Bonchev–Trinajstić information content (AvgIpc) is 3.31. The molecule has 0 aliphatic carbocycles. The predicted octanol–water partition coefficient (Wildman–Crippen LogP) is 2.71. The number of nitrogens with one attached hydrogen (secondary N) is 3. The van der Waals surface area contributed by atoms with Gasteiger partial charge < -0.3 is 15.0 Å². The summed E-state index contributed by atoms with van der Waals surface area (Å²) in [5.74, 6) is -1.59. The van der Waals surface area contributed by atoms with E-state index < -0.39 is 32.1 Å². The van der Waals surface area contributed by atoms with Crippen LogP contribution in [0.1, 0.15) is 28.8 Å². The Kier molecular flexibility index (Phi) is 6.80. The van der Waals surface area contributed by atoms with Gasteiger partial charge in [-0.1, -0.05) is 23.7 Å². The zero-order valence-electron chi connectivity index (χ0n) is 17.4. The molecule has 1 atom stereocenters. The van der Waals surface area contributed by atoms with Crippen molar-refractivity contribution in [3.8, 4) is 0 Å². The molecule has 3 N–H and O–H groups in total. The Hall–Kier alpha value is -2.79. The number of carbonyl (C=O) groups excluding carboxylic acids is 1. The highest BCUT2D eigenvalue weighted by Gasteiger charge is 2.25. The minimum Gasteiger partial charge on any atom is -0.377 e. The van der Waals surface area contributed by atoms with Crippen LogP contribution >= 0.6 is 11.6 Å². The Balaban J connectivity index is 1.61. The molecule has 1 aliphatic rings. The maximum atomic E-state index is 14.3. The number of carbonyl (C=O) groups is 1. The number of amides is 1. The minimum atomic E-state index is -4.15. The second-order valence-electron chi connectivity index (χ2n) is 7.65. The van der Waals surface area contributed by atoms with Gasteiger partial charge in [0.1, 0.15) is 16.3 Å². The maximum Gasteiger partial charge on any atom is 0.257 e. The third-order valence-electron chi connectivity index (χ3n) is 5.34. The van der Waals surface area contributed by atoms with Gasteiger partial charge in [-0.15, -0.1) is 0 Å². The van der Waals surface area contributed by atoms with Gasteiger partial charge in [0, 0.05) is 30.9 Å². The molecule has 0 bridgehead atoms. The van der Waals surface area contributed by atoms with Gasteiger partial charge in [-0.05, 0) is 42.7 Å². The summed E-state index contributed by atoms with van der Waals surface area (Å²) in [5.41, 5.74) is -0.373. The molecular formula is C22H21ClFN3O5S. The SMILES string of the molecule is O=C(NCc1ccc(Cl)cc1)c1c[nH]c2c(S(=O)(=O)NCC3CCCO3)cc(F)cc2c1=O. The van der Waals surface area contributed by atoms with E-state index in [4.69, 9.17) is 16.3 Å². The van der Waals surface area contributed by atoms with Crippen molar-refractivity contribution in [3.63, 3.8) is 0 Å². The molecule has 1 saturated heterocycles. The van der Waals surface area contributed by atoms with Gasteiger partial charge in [-0.3, -0.25) is 9.59 Å². The highest BCUT2D eigenvalue weighted by atomic mass is 35.5. The van der Waals surface area contributed by atoms with Gasteiger partial charge in [-0.25, -0.2) is 17.5 Å². The van der Waals surface area contributed by atoms with Crippen molar-refractivity contribution in [3.05, 3.63) is 74.8 Å². The van der Waals surface area contributed by atoms with Crippen LogP contribution in [0, 0.1) is 5.82 Å². The number of halogens is 2. The first-order valence-electron chi connectivity index (χ1n) is 10.2. The highest BCUT2D eigenvalue weighted by molar-refractivity contribution is 7.89. The van der Waals surface area contributed by atoms with Gasteiger partial charge in [0.05, 0.1) is 17.0 Å². The summed E-state index contributed by atoms with van der Waals surface area (Å²) in [7, 11) is -4.15. The normalized spacial score (nSPS) is 16.2. The number of sulfonamides is 1. The number of ether oxygens (including phenoxy) is 1. The summed E-state index contributed by atoms with van der Waals surface area (Å²) in [6.45, 7) is 0.741. The highest BCUT2D eigenvalue weighted by Crippen LogP contribution is 2.22. The van der Waals surface area contributed by atoms with Crippen LogP contribution in [0.3, 0.4) is 0 Å². The largest absolute Gasteiger partial charge is 0.377 e. The summed E-state index contributed by atoms with van der Waals surface area (Å²) in [6, 6.07) is 8.53. The van der Waals surface area contributed by atoms with Gasteiger partial charge in [0.15, 0.2) is 0 Å². The monoisotopic (exact) mass is 493 g/mol. The van der Waals surface area contributed by atoms with Gasteiger partial charge in [0.25, 0.3) is 5.91 Å². The molecule has 33 heavy (non-hydrogen) atoms. The van der Waals surface area contributed by atoms with Crippen LogP contribution < -0.4 is 15.5 Å². The fourth-order valence-electron chi connectivity index (χ4n) is 3.61. The summed E-state index contributed by atoms with van der Waals surface area (Å²) in [4.78, 5) is 27.8. The molecule has 11 heteroatoms. The molecule has 1 aromatic heterocycles. The van der Waals surface area contributed by atoms with Crippen molar-refractivity contribution in [2.45, 2.75) is 30.4 Å². The molecule has 1 aliphatic heterocycles. The molecular weight excluding hydrogens is 473 g/mol. The van der Waals surface area contributed by atoms with Gasteiger partial charge in [-0.2, -0.15) is 0 Å². The molecule has 0 saturated carbocycles. The van der Waals surface area contributed by atoms with Crippen molar-refractivity contribution in [1.82, 2.24) is 15.0 Å². The lowest BCUT2D eigenvalue weighted by atomic mass is 10.1. The summed E-state index contributed by atoms with van der Waals surface area (Å²) < 4.78 is 47.8. The van der Waals surface area contributed by atoms with Gasteiger partial charge in [0.2, 0.25) is 15.5 Å². The van der Waals surface area contributed by atoms with Crippen LogP contribution in [0.15, 0.2) is 52.3 Å². The zero-order valence-corrected chi connectivity index (χ0v) is 18.9. The van der Waals surface area contributed by atoms with Crippen LogP contribution in [0.25, 0.3) is 10.9 Å². The van der Waals surface area contributed by atoms with Crippen LogP contribution in [0.5, 0.6) is 0 Å². The number of pyridine rings is 1. The number of hydrogen-bond acceptors (Lipinski definition) is 5. The first-order valence-corrected chi connectivity index (χ1v) is 12.1. The van der Waals surface area contributed by atoms with Crippen LogP contribution in [0.2, 0.25) is 5.02 Å². The predicted molar refractivity (Wildman–Crippen MR) is 121 cm³/mol. The molecule has 0 spiro atoms. The fraction of sp³-hybridized carbons (Fsp3) is 0.273. The molecule has 174 valence electrons. The second kappa shape index (κ2) is 9.60. The number of rotatable bonds is 7. The first-order chi connectivity index (χ1) is 15.7. The molecule has 0 radical (unpaired) electrons. The van der Waals surface area contributed by atoms with Crippen LogP contribution in [-0.2, 0) is 21.3 Å². The summed E-state index contributed by atoms with van der Waals surface area (Å²) in [5, 5.41) is 2.92. The summed E-state index contributed by atoms with van der Waals surface area (Å²) >= 11 is 5.84. The van der Waals surface area contributed by atoms with E-state index in [2.05, 4.69) is 15.0 Å². The third-order valence-corrected chi connectivity index (χ3v) is 7.04. The molecule has 4 rings (SSSR count). The standard InChI is InChI=1S/C22H21ClFN3O5S/c23-14-5-3-13(4-6-14)10-26-22(29)18-12-25-20-17(21(18)28)8-15(24)9-19(20)33(30,31)27-11-16-2-1-7-32-16/h3-6,8-9,12,16,27H,1-2,7,10-11H2,(H,25,28)(H,26,29). The van der Waals surface area contributed by atoms with Crippen molar-refractivity contribution in [2.24, 2.45) is 0 Å². The van der Waals surface area contributed by atoms with E-state index in [9.17, 15) is 22.4 Å². The van der Waals surface area contributed by atoms with E-state index >= 15 is 0 Å². The van der Waals surface area contributed by atoms with E-state index in [-0.39, 0.29) is 35.7 Å². The summed E-state index contributed by atoms with van der Waals surface area (Å²) in [6.07, 6.45) is 2.43. The lowest BCUT2D eigenvalue weighted by Crippen LogP contribution is -2.32. The van der Waals surface area contributed by atoms with E-state index in [1.54, 1.807) is 24.3 Å². The number of aromatic amines is 1. The number of aromatic nitrogens is 1. The Morgan fingerprint density at radius 2 is 2.00 bits per heavy atom. The molecule has 1 amide bonds. The Bertz CT molecular complexity index is 1350. The third kappa shape index (κ3) is 5.25. The Labute approximate surface area is 194 Å².